The summed E-state index contributed by atoms with van der Waals surface area (Å²) in [4.78, 5) is 14.0. The van der Waals surface area contributed by atoms with Gasteiger partial charge in [0.15, 0.2) is 0 Å². The molecule has 134 valence electrons. The molecule has 0 amide bonds. The van der Waals surface area contributed by atoms with Crippen LogP contribution in [0.1, 0.15) is 26.2 Å². The molecule has 1 aromatic carbocycles. The Hall–Kier alpha value is -2.07. The molecule has 2 aromatic rings. The highest BCUT2D eigenvalue weighted by Gasteiger charge is 2.15. The third kappa shape index (κ3) is 4.95. The van der Waals surface area contributed by atoms with Crippen LogP contribution in [0.2, 0.25) is 0 Å². The number of piperidine rings is 1. The van der Waals surface area contributed by atoms with Crippen LogP contribution in [0.5, 0.6) is 5.75 Å². The Balaban J connectivity index is 1.47. The molecule has 1 aliphatic heterocycles. The monoisotopic (exact) mass is 340 g/mol. The topological polar surface area (TPSA) is 34.5 Å². The van der Waals surface area contributed by atoms with Gasteiger partial charge in [-0.15, -0.1) is 0 Å². The van der Waals surface area contributed by atoms with Crippen molar-refractivity contribution in [2.24, 2.45) is 13.0 Å². The molecule has 1 aliphatic rings. The van der Waals surface area contributed by atoms with Gasteiger partial charge in [-0.2, -0.15) is 0 Å². The first-order chi connectivity index (χ1) is 12.1. The number of ether oxygens (including phenoxy) is 1. The highest BCUT2D eigenvalue weighted by atomic mass is 16.5. The van der Waals surface area contributed by atoms with Crippen molar-refractivity contribution >= 4 is 0 Å². The maximum Gasteiger partial charge on any atom is 0.250 e. The third-order valence-corrected chi connectivity index (χ3v) is 4.90. The first kappa shape index (κ1) is 17.7. The summed E-state index contributed by atoms with van der Waals surface area (Å²) in [5.41, 5.74) is 2.13. The quantitative estimate of drug-likeness (QED) is 0.754. The first-order valence-electron chi connectivity index (χ1n) is 9.24. The van der Waals surface area contributed by atoms with Crippen LogP contribution < -0.4 is 10.3 Å². The molecule has 0 unspecified atom stereocenters. The zero-order valence-electron chi connectivity index (χ0n) is 15.3. The fourth-order valence-corrected chi connectivity index (χ4v) is 3.48. The fourth-order valence-electron chi connectivity index (χ4n) is 3.48. The second kappa shape index (κ2) is 8.34. The van der Waals surface area contributed by atoms with Crippen molar-refractivity contribution in [3.63, 3.8) is 0 Å². The van der Waals surface area contributed by atoms with Crippen molar-refractivity contribution in [1.82, 2.24) is 9.47 Å². The van der Waals surface area contributed by atoms with Crippen molar-refractivity contribution < 1.29 is 4.74 Å². The molecule has 4 heteroatoms. The molecular weight excluding hydrogens is 312 g/mol. The first-order valence-corrected chi connectivity index (χ1v) is 9.24. The highest BCUT2D eigenvalue weighted by molar-refractivity contribution is 5.63. The molecule has 0 saturated carbocycles. The minimum absolute atomic E-state index is 0.00630. The molecule has 0 bridgehead atoms. The van der Waals surface area contributed by atoms with E-state index in [1.807, 2.05) is 36.5 Å². The normalized spacial score (nSPS) is 18.2. The minimum Gasteiger partial charge on any atom is -0.494 e. The van der Waals surface area contributed by atoms with Gasteiger partial charge in [0.2, 0.25) is 5.56 Å². The number of benzene rings is 1. The van der Waals surface area contributed by atoms with Crippen LogP contribution in [0, 0.1) is 5.92 Å². The van der Waals surface area contributed by atoms with Crippen molar-refractivity contribution in [3.05, 3.63) is 52.9 Å². The summed E-state index contributed by atoms with van der Waals surface area (Å²) in [6.45, 7) is 6.69. The molecule has 3 rings (SSSR count). The van der Waals surface area contributed by atoms with E-state index in [1.54, 1.807) is 17.7 Å². The molecule has 25 heavy (non-hydrogen) atoms. The summed E-state index contributed by atoms with van der Waals surface area (Å²) in [6.07, 6.45) is 5.62. The van der Waals surface area contributed by atoms with E-state index in [-0.39, 0.29) is 5.56 Å². The summed E-state index contributed by atoms with van der Waals surface area (Å²) in [6, 6.07) is 11.6. The Morgan fingerprint density at radius 2 is 1.88 bits per heavy atom. The molecule has 0 spiro atoms. The van der Waals surface area contributed by atoms with Gasteiger partial charge in [-0.25, -0.2) is 0 Å². The molecule has 0 N–H and O–H groups in total. The highest BCUT2D eigenvalue weighted by Crippen LogP contribution is 2.21. The lowest BCUT2D eigenvalue weighted by atomic mass is 10.0. The summed E-state index contributed by atoms with van der Waals surface area (Å²) in [7, 11) is 1.77. The second-order valence-electron chi connectivity index (χ2n) is 7.14. The Kier molecular flexibility index (Phi) is 5.92. The van der Waals surface area contributed by atoms with E-state index in [1.165, 1.54) is 25.9 Å². The second-order valence-corrected chi connectivity index (χ2v) is 7.14. The lowest BCUT2D eigenvalue weighted by molar-refractivity contribution is 0.170. The standard InChI is InChI=1S/C21H28N2O2/c1-17-5-3-12-23(15-17)13-4-14-25-20-9-6-18(7-10-20)19-8-11-21(24)22(2)16-19/h6-11,16-17H,3-5,12-15H2,1-2H3/t17-/m1/s1. The maximum absolute atomic E-state index is 11.5. The van der Waals surface area contributed by atoms with Crippen LogP contribution in [0.3, 0.4) is 0 Å². The van der Waals surface area contributed by atoms with Crippen molar-refractivity contribution in [3.8, 4) is 16.9 Å². The summed E-state index contributed by atoms with van der Waals surface area (Å²) in [5.74, 6) is 1.74. The molecule has 2 heterocycles. The number of aromatic nitrogens is 1. The molecular formula is C21H28N2O2. The van der Waals surface area contributed by atoms with Gasteiger partial charge in [-0.05, 0) is 61.1 Å². The molecule has 1 fully saturated rings. The van der Waals surface area contributed by atoms with Crippen LogP contribution in [-0.4, -0.2) is 35.7 Å². The smallest absolute Gasteiger partial charge is 0.250 e. The average molecular weight is 340 g/mol. The predicted molar refractivity (Wildman–Crippen MR) is 102 cm³/mol. The van der Waals surface area contributed by atoms with E-state index in [9.17, 15) is 4.79 Å². The maximum atomic E-state index is 11.5. The number of hydrogen-bond donors (Lipinski definition) is 0. The van der Waals surface area contributed by atoms with E-state index in [2.05, 4.69) is 11.8 Å². The van der Waals surface area contributed by atoms with E-state index in [0.29, 0.717) is 0 Å². The van der Waals surface area contributed by atoms with Gasteiger partial charge in [-0.1, -0.05) is 19.1 Å². The predicted octanol–water partition coefficient (Wildman–Crippen LogP) is 3.55. The zero-order valence-corrected chi connectivity index (χ0v) is 15.3. The van der Waals surface area contributed by atoms with Crippen LogP contribution >= 0.6 is 0 Å². The third-order valence-electron chi connectivity index (χ3n) is 4.90. The molecule has 1 saturated heterocycles. The fraction of sp³-hybridized carbons (Fsp3) is 0.476. The lowest BCUT2D eigenvalue weighted by Gasteiger charge is -2.30. The van der Waals surface area contributed by atoms with Crippen molar-refractivity contribution in [2.75, 3.05) is 26.2 Å². The number of aryl methyl sites for hydroxylation is 1. The van der Waals surface area contributed by atoms with Gasteiger partial charge in [0.25, 0.3) is 0 Å². The van der Waals surface area contributed by atoms with E-state index < -0.39 is 0 Å². The molecule has 0 radical (unpaired) electrons. The zero-order chi connectivity index (χ0) is 17.6. The molecule has 0 aliphatic carbocycles. The summed E-state index contributed by atoms with van der Waals surface area (Å²) in [5, 5.41) is 0. The van der Waals surface area contributed by atoms with Gasteiger partial charge in [0.05, 0.1) is 6.61 Å². The summed E-state index contributed by atoms with van der Waals surface area (Å²) < 4.78 is 7.47. The average Bonchev–Trinajstić information content (AvgIpc) is 2.62. The van der Waals surface area contributed by atoms with Crippen molar-refractivity contribution in [2.45, 2.75) is 26.2 Å². The Morgan fingerprint density at radius 3 is 2.60 bits per heavy atom. The van der Waals surface area contributed by atoms with Gasteiger partial charge in [-0.3, -0.25) is 4.79 Å². The van der Waals surface area contributed by atoms with Crippen LogP contribution in [0.25, 0.3) is 11.1 Å². The number of hydrogen-bond acceptors (Lipinski definition) is 3. The van der Waals surface area contributed by atoms with Gasteiger partial charge in [0, 0.05) is 32.4 Å². The van der Waals surface area contributed by atoms with Gasteiger partial charge < -0.3 is 14.2 Å². The lowest BCUT2D eigenvalue weighted by Crippen LogP contribution is -2.35. The van der Waals surface area contributed by atoms with Crippen LogP contribution in [0.15, 0.2) is 47.4 Å². The Morgan fingerprint density at radius 1 is 1.12 bits per heavy atom. The Labute approximate surface area is 150 Å². The number of nitrogens with zero attached hydrogens (tertiary/aromatic N) is 2. The largest absolute Gasteiger partial charge is 0.494 e. The van der Waals surface area contributed by atoms with Gasteiger partial charge >= 0.3 is 0 Å². The van der Waals surface area contributed by atoms with Gasteiger partial charge in [0.1, 0.15) is 5.75 Å². The molecule has 4 nitrogen and oxygen atoms in total. The summed E-state index contributed by atoms with van der Waals surface area (Å²) >= 11 is 0. The number of pyridine rings is 1. The Bertz CT molecular complexity index is 736. The van der Waals surface area contributed by atoms with E-state index in [4.69, 9.17) is 4.74 Å². The van der Waals surface area contributed by atoms with Crippen LogP contribution in [-0.2, 0) is 7.05 Å². The van der Waals surface area contributed by atoms with E-state index in [0.717, 1.165) is 42.4 Å². The molecule has 1 aromatic heterocycles. The molecule has 1 atom stereocenters. The minimum atomic E-state index is 0.00630. The van der Waals surface area contributed by atoms with Crippen molar-refractivity contribution in [1.29, 1.82) is 0 Å². The van der Waals surface area contributed by atoms with E-state index >= 15 is 0 Å². The van der Waals surface area contributed by atoms with Crippen LogP contribution in [0.4, 0.5) is 0 Å². The SMILES string of the molecule is C[C@@H]1CCCN(CCCOc2ccc(-c3ccc(=O)n(C)c3)cc2)C1. The number of rotatable bonds is 6. The number of likely N-dealkylation sites (tertiary alicyclic amines) is 1.